The summed E-state index contributed by atoms with van der Waals surface area (Å²) in [6.45, 7) is -3.26. The van der Waals surface area contributed by atoms with Crippen molar-refractivity contribution in [3.05, 3.63) is 0 Å². The predicted octanol–water partition coefficient (Wildman–Crippen LogP) is -15.5. The van der Waals surface area contributed by atoms with Gasteiger partial charge in [-0.25, -0.2) is 0 Å². The maximum atomic E-state index is 11.5. The van der Waals surface area contributed by atoms with Gasteiger partial charge >= 0.3 is 0 Å². The molecule has 21 heterocycles. The number of aliphatic hydroxyl groups is 14. The topological polar surface area (TPSA) is 595 Å². The molecule has 0 amide bonds. The summed E-state index contributed by atoms with van der Waals surface area (Å²) in [5.74, 6) is 0. The van der Waals surface area contributed by atoms with Crippen molar-refractivity contribution in [2.45, 2.75) is 215 Å². The van der Waals surface area contributed by atoms with Gasteiger partial charge in [-0.2, -0.15) is 0 Å². The molecule has 21 aliphatic rings. The Bertz CT molecular complexity index is 1490. The van der Waals surface area contributed by atoms with E-state index in [-0.39, 0.29) is 0 Å². The Morgan fingerprint density at radius 3 is 0.364 bits per heavy atom. The summed E-state index contributed by atoms with van der Waals surface area (Å²) in [7, 11) is 0. The maximum Gasteiger partial charge on any atom is 0.187 e. The van der Waals surface area contributed by atoms with Gasteiger partial charge in [0.1, 0.15) is 171 Å². The van der Waals surface area contributed by atoms with E-state index in [1.807, 2.05) is 0 Å². The molecule has 448 valence electrons. The predicted molar refractivity (Wildman–Crippen MR) is 242 cm³/mol. The second-order valence-electron chi connectivity index (χ2n) is 20.0. The summed E-state index contributed by atoms with van der Waals surface area (Å²) in [4.78, 5) is 0. The molecule has 0 aromatic heterocycles. The smallest absolute Gasteiger partial charge is 0.187 e. The van der Waals surface area contributed by atoms with Crippen molar-refractivity contribution in [3.63, 3.8) is 0 Å². The standard InChI is InChI=1S/C42H77N7O28/c43-1-8-29-15(50)22(57)36(64-8)72-30-9(2-44)66-38(24(59)17(30)52)74-32-11(4-46)68-40(26(61)19(32)54)76-34-13(6-48)70-42(28(63)21(34)56)77-35-14(7-49)69-41(27(62)20(35)55)75-33-12(5-47)67-39(25(60)18(33)53)73-31-10(3-45)65-37(71-29)23(58)16(31)51/h8-42,50-63H,1-7,43-49H2/t8-,9-,10-,11-,12-,13-,14-,15-,16-,17-,18-,19-,20-,21-,22-,23-,24-,25-,26-,27-,28-,29-,30-,31-,32-,33-,34-,35-,36-,37+,38+,39+,40+,41+,42+/m1/s1. The highest BCUT2D eigenvalue weighted by Crippen LogP contribution is 2.38. The van der Waals surface area contributed by atoms with Gasteiger partial charge in [-0.15, -0.1) is 0 Å². The van der Waals surface area contributed by atoms with Crippen LogP contribution in [0, 0.1) is 0 Å². The van der Waals surface area contributed by atoms with E-state index in [1.54, 1.807) is 0 Å². The van der Waals surface area contributed by atoms with Crippen molar-refractivity contribution < 1.29 is 138 Å². The number of rotatable bonds is 7. The molecule has 77 heavy (non-hydrogen) atoms. The summed E-state index contributed by atoms with van der Waals surface area (Å²) < 4.78 is 82.4. The second-order valence-corrected chi connectivity index (χ2v) is 20.0. The Balaban J connectivity index is 1.08. The second kappa shape index (κ2) is 26.0. The Morgan fingerprint density at radius 2 is 0.273 bits per heavy atom. The zero-order valence-corrected chi connectivity index (χ0v) is 41.2. The third-order valence-corrected chi connectivity index (χ3v) is 15.1. The largest absolute Gasteiger partial charge is 0.387 e. The van der Waals surface area contributed by atoms with Crippen LogP contribution < -0.4 is 40.1 Å². The molecule has 21 aliphatic heterocycles. The molecule has 0 aromatic carbocycles. The van der Waals surface area contributed by atoms with Crippen LogP contribution in [0.25, 0.3) is 0 Å². The number of ether oxygens (including phenoxy) is 14. The van der Waals surface area contributed by atoms with Crippen LogP contribution in [0.5, 0.6) is 0 Å². The molecule has 0 unspecified atom stereocenters. The van der Waals surface area contributed by atoms with Gasteiger partial charge in [0.25, 0.3) is 0 Å². The molecule has 35 nitrogen and oxygen atoms in total. The van der Waals surface area contributed by atoms with Gasteiger partial charge in [0.2, 0.25) is 0 Å². The third kappa shape index (κ3) is 12.1. The number of nitrogens with two attached hydrogens (primary N) is 7. The van der Waals surface area contributed by atoms with Crippen LogP contribution in [0.1, 0.15) is 0 Å². The summed E-state index contributed by atoms with van der Waals surface area (Å²) in [6, 6.07) is 0. The lowest BCUT2D eigenvalue weighted by atomic mass is 9.95. The molecular formula is C42H77N7O28. The molecule has 35 heteroatoms. The van der Waals surface area contributed by atoms with E-state index in [2.05, 4.69) is 0 Å². The van der Waals surface area contributed by atoms with E-state index in [1.165, 1.54) is 0 Å². The number of hydrogen-bond acceptors (Lipinski definition) is 35. The molecule has 0 radical (unpaired) electrons. The van der Waals surface area contributed by atoms with Crippen molar-refractivity contribution in [1.29, 1.82) is 0 Å². The SMILES string of the molecule is NC[C@H]1O[C@H]2O[C@H]3[C@H](O)[C@@H](O)[C@H](O[C@H]4[C@H](O)[C@@H](O)[C@H](O[C@H]5[C@H](O)[C@@H](O)[C@@H](O[C@H]6[C@H](O)[C@@H](O)[C@H](O[C@H]7[C@H](O)[C@@H](O)[C@H](O[C@H]8[C@H](O)[C@@H](O)[C@H](O[C@H]1[C@H](O)[C@H]2O)O[C@@H]8CN)O[C@@H]7CN)O[C@@H]6CN)O[C@@H]5CN)O[C@@H]4CN)O[C@@H]3CN. The zero-order valence-electron chi connectivity index (χ0n) is 41.2. The lowest BCUT2D eigenvalue weighted by Gasteiger charge is -2.50. The first kappa shape index (κ1) is 61.7. The average Bonchev–Trinajstić information content (AvgIpc) is 3.45. The lowest BCUT2D eigenvalue weighted by Crippen LogP contribution is -2.69. The first-order valence-electron chi connectivity index (χ1n) is 25.3. The fraction of sp³-hybridized carbons (Fsp3) is 1.00. The van der Waals surface area contributed by atoms with E-state index in [0.717, 1.165) is 0 Å². The lowest BCUT2D eigenvalue weighted by molar-refractivity contribution is -0.391. The highest BCUT2D eigenvalue weighted by molar-refractivity contribution is 5.02. The number of hydrogen-bond donors (Lipinski definition) is 21. The quantitative estimate of drug-likeness (QED) is 0.113. The molecule has 0 aromatic rings. The van der Waals surface area contributed by atoms with Crippen molar-refractivity contribution in [2.75, 3.05) is 45.8 Å². The first-order valence-corrected chi connectivity index (χ1v) is 25.3. The highest BCUT2D eigenvalue weighted by Gasteiger charge is 2.59. The van der Waals surface area contributed by atoms with Crippen molar-refractivity contribution >= 4 is 0 Å². The zero-order chi connectivity index (χ0) is 56.1. The minimum absolute atomic E-state index is 0.466. The van der Waals surface area contributed by atoms with Gasteiger partial charge in [-0.05, 0) is 0 Å². The van der Waals surface area contributed by atoms with E-state index < -0.39 is 261 Å². The van der Waals surface area contributed by atoms with Gasteiger partial charge < -0.3 is 178 Å². The molecule has 21 rings (SSSR count). The Morgan fingerprint density at radius 1 is 0.169 bits per heavy atom. The van der Waals surface area contributed by atoms with Crippen molar-refractivity contribution in [3.8, 4) is 0 Å². The van der Waals surface area contributed by atoms with Crippen LogP contribution in [0.15, 0.2) is 0 Å². The molecular weight excluding hydrogens is 1050 g/mol. The Kier molecular flexibility index (Phi) is 20.8. The van der Waals surface area contributed by atoms with Gasteiger partial charge in [-0.3, -0.25) is 0 Å². The minimum atomic E-state index is -2.05. The maximum absolute atomic E-state index is 11.5. The van der Waals surface area contributed by atoms with Gasteiger partial charge in [0, 0.05) is 45.8 Å². The number of aliphatic hydroxyl groups excluding tert-OH is 14. The fourth-order valence-electron chi connectivity index (χ4n) is 10.7. The van der Waals surface area contributed by atoms with Crippen LogP contribution in [0.3, 0.4) is 0 Å². The third-order valence-electron chi connectivity index (χ3n) is 15.1. The van der Waals surface area contributed by atoms with E-state index in [0.29, 0.717) is 0 Å². The van der Waals surface area contributed by atoms with E-state index in [9.17, 15) is 71.5 Å². The summed E-state index contributed by atoms with van der Waals surface area (Å²) >= 11 is 0. The highest BCUT2D eigenvalue weighted by atomic mass is 16.8. The molecule has 0 spiro atoms. The van der Waals surface area contributed by atoms with Crippen LogP contribution in [-0.2, 0) is 66.3 Å². The van der Waals surface area contributed by atoms with Crippen molar-refractivity contribution in [2.24, 2.45) is 40.1 Å². The molecule has 28 N–H and O–H groups in total. The molecule has 21 saturated heterocycles. The molecule has 21 fully saturated rings. The van der Waals surface area contributed by atoms with Gasteiger partial charge in [0.05, 0.1) is 0 Å². The first-order chi connectivity index (χ1) is 36.7. The van der Waals surface area contributed by atoms with E-state index >= 15 is 0 Å². The van der Waals surface area contributed by atoms with Crippen LogP contribution >= 0.6 is 0 Å². The van der Waals surface area contributed by atoms with Crippen LogP contribution in [-0.4, -0.2) is 332 Å². The molecule has 14 bridgehead atoms. The molecule has 35 atom stereocenters. The molecule has 0 saturated carbocycles. The minimum Gasteiger partial charge on any atom is -0.387 e. The Hall–Kier alpha value is -1.40. The fourth-order valence-corrected chi connectivity index (χ4v) is 10.7. The normalized spacial score (nSPS) is 55.4. The Labute approximate surface area is 438 Å². The van der Waals surface area contributed by atoms with E-state index in [4.69, 9.17) is 106 Å². The monoisotopic (exact) mass is 1130 g/mol. The van der Waals surface area contributed by atoms with Crippen LogP contribution in [0.4, 0.5) is 0 Å². The molecule has 0 aliphatic carbocycles. The summed E-state index contributed by atoms with van der Waals surface area (Å²) in [5, 5.41) is 160. The van der Waals surface area contributed by atoms with Crippen molar-refractivity contribution in [1.82, 2.24) is 0 Å². The van der Waals surface area contributed by atoms with Gasteiger partial charge in [-0.1, -0.05) is 0 Å². The van der Waals surface area contributed by atoms with Crippen LogP contribution in [0.2, 0.25) is 0 Å². The summed E-state index contributed by atoms with van der Waals surface area (Å²) in [6.07, 6.45) is -62.7. The summed E-state index contributed by atoms with van der Waals surface area (Å²) in [5.41, 5.74) is 42.1. The average molecular weight is 1130 g/mol. The van der Waals surface area contributed by atoms with Gasteiger partial charge in [0.15, 0.2) is 44.0 Å².